The number of aromatic nitrogens is 1. The van der Waals surface area contributed by atoms with Crippen molar-refractivity contribution < 1.29 is 9.31 Å². The summed E-state index contributed by atoms with van der Waals surface area (Å²) in [5.74, 6) is 0. The number of benzene rings is 2. The van der Waals surface area contributed by atoms with Crippen molar-refractivity contribution in [2.45, 2.75) is 0 Å². The highest BCUT2D eigenvalue weighted by atomic mass is 16.6. The molecule has 100 valence electrons. The smallest absolute Gasteiger partial charge is 0.405 e. The van der Waals surface area contributed by atoms with E-state index >= 15 is 0 Å². The number of aryl methyl sites for hydroxylation is 1. The summed E-state index contributed by atoms with van der Waals surface area (Å²) in [6.45, 7) is 1.27. The summed E-state index contributed by atoms with van der Waals surface area (Å²) in [4.78, 5) is 0. The first kappa shape index (κ1) is 11.8. The summed E-state index contributed by atoms with van der Waals surface area (Å²) in [6, 6.07) is 12.4. The van der Waals surface area contributed by atoms with E-state index in [1.807, 2.05) is 25.2 Å². The number of nitrogens with zero attached hydrogens (tertiary/aromatic N) is 1. The van der Waals surface area contributed by atoms with Gasteiger partial charge in [-0.1, -0.05) is 24.3 Å². The maximum atomic E-state index is 6.26. The van der Waals surface area contributed by atoms with Crippen LogP contribution < -0.4 is 11.2 Å². The Morgan fingerprint density at radius 1 is 1.10 bits per heavy atom. The maximum absolute atomic E-state index is 6.26. The van der Waals surface area contributed by atoms with Crippen molar-refractivity contribution in [1.82, 2.24) is 4.57 Å². The molecule has 4 rings (SSSR count). The Hall–Kier alpha value is -1.98. The first-order valence-corrected chi connectivity index (χ1v) is 6.75. The highest BCUT2D eigenvalue weighted by Gasteiger charge is 2.27. The Balaban J connectivity index is 2.05. The number of fused-ring (bicyclic) bond motifs is 3. The van der Waals surface area contributed by atoms with Crippen LogP contribution in [0, 0.1) is 0 Å². The standard InChI is InChI=1S/C15H15BN2O2/c1-18-14-5-3-2-4-11(14)12-8-10(9-13(17)15(12)18)16-19-6-7-20-16/h2-5,8-9H,6-7,17H2,1H3. The van der Waals surface area contributed by atoms with Crippen LogP contribution in [-0.2, 0) is 16.4 Å². The fraction of sp³-hybridized carbons (Fsp3) is 0.200. The predicted octanol–water partition coefficient (Wildman–Crippen LogP) is 1.66. The number of hydrogen-bond donors (Lipinski definition) is 1. The first-order chi connectivity index (χ1) is 9.75. The van der Waals surface area contributed by atoms with Crippen LogP contribution in [0.25, 0.3) is 21.8 Å². The number of hydrogen-bond acceptors (Lipinski definition) is 3. The zero-order valence-electron chi connectivity index (χ0n) is 11.3. The molecule has 4 nitrogen and oxygen atoms in total. The van der Waals surface area contributed by atoms with Crippen molar-refractivity contribution in [1.29, 1.82) is 0 Å². The number of rotatable bonds is 1. The normalized spacial score (nSPS) is 15.6. The van der Waals surface area contributed by atoms with E-state index in [9.17, 15) is 0 Å². The van der Waals surface area contributed by atoms with Gasteiger partial charge in [0, 0.05) is 23.3 Å². The Bertz CT molecular complexity index is 806. The zero-order valence-corrected chi connectivity index (χ0v) is 11.3. The van der Waals surface area contributed by atoms with E-state index in [0.29, 0.717) is 13.2 Å². The molecule has 1 aliphatic heterocycles. The predicted molar refractivity (Wildman–Crippen MR) is 82.1 cm³/mol. The summed E-state index contributed by atoms with van der Waals surface area (Å²) in [6.07, 6.45) is 0. The molecule has 0 unspecified atom stereocenters. The van der Waals surface area contributed by atoms with Gasteiger partial charge in [-0.05, 0) is 17.6 Å². The third-order valence-corrected chi connectivity index (χ3v) is 3.95. The summed E-state index contributed by atoms with van der Waals surface area (Å²) in [5, 5.41) is 2.36. The molecule has 1 aromatic heterocycles. The fourth-order valence-electron chi connectivity index (χ4n) is 3.06. The molecule has 1 saturated heterocycles. The van der Waals surface area contributed by atoms with Gasteiger partial charge < -0.3 is 19.6 Å². The van der Waals surface area contributed by atoms with E-state index in [4.69, 9.17) is 15.0 Å². The van der Waals surface area contributed by atoms with Crippen molar-refractivity contribution >= 4 is 40.1 Å². The molecule has 0 bridgehead atoms. The molecule has 0 saturated carbocycles. The van der Waals surface area contributed by atoms with Crippen LogP contribution in [0.3, 0.4) is 0 Å². The third-order valence-electron chi connectivity index (χ3n) is 3.95. The summed E-state index contributed by atoms with van der Waals surface area (Å²) in [5.41, 5.74) is 10.2. The third kappa shape index (κ3) is 1.57. The lowest BCUT2D eigenvalue weighted by Gasteiger charge is -2.08. The van der Waals surface area contributed by atoms with Gasteiger partial charge in [0.15, 0.2) is 0 Å². The summed E-state index contributed by atoms with van der Waals surface area (Å²) >= 11 is 0. The number of para-hydroxylation sites is 1. The molecule has 0 amide bonds. The second-order valence-electron chi connectivity index (χ2n) is 5.16. The number of nitrogens with two attached hydrogens (primary N) is 1. The second kappa shape index (κ2) is 4.26. The molecule has 1 aliphatic rings. The Labute approximate surface area is 117 Å². The topological polar surface area (TPSA) is 49.4 Å². The van der Waals surface area contributed by atoms with Gasteiger partial charge in [0.25, 0.3) is 0 Å². The fourth-order valence-corrected chi connectivity index (χ4v) is 3.06. The monoisotopic (exact) mass is 266 g/mol. The molecule has 0 spiro atoms. The van der Waals surface area contributed by atoms with E-state index in [-0.39, 0.29) is 7.12 Å². The SMILES string of the molecule is Cn1c2ccccc2c2cc(B3OCCO3)cc(N)c21. The Morgan fingerprint density at radius 3 is 2.65 bits per heavy atom. The first-order valence-electron chi connectivity index (χ1n) is 6.75. The Morgan fingerprint density at radius 2 is 1.85 bits per heavy atom. The van der Waals surface area contributed by atoms with Crippen LogP contribution >= 0.6 is 0 Å². The largest absolute Gasteiger partial charge is 0.494 e. The van der Waals surface area contributed by atoms with Gasteiger partial charge in [0.05, 0.1) is 24.4 Å². The van der Waals surface area contributed by atoms with Crippen molar-refractivity contribution in [3.05, 3.63) is 36.4 Å². The highest BCUT2D eigenvalue weighted by molar-refractivity contribution is 6.62. The minimum absolute atomic E-state index is 0.291. The molecule has 5 heteroatoms. The average molecular weight is 266 g/mol. The number of anilines is 1. The van der Waals surface area contributed by atoms with Crippen LogP contribution in [0.15, 0.2) is 36.4 Å². The molecular formula is C15H15BN2O2. The maximum Gasteiger partial charge on any atom is 0.494 e. The molecule has 20 heavy (non-hydrogen) atoms. The zero-order chi connectivity index (χ0) is 13.7. The van der Waals surface area contributed by atoms with Gasteiger partial charge in [-0.2, -0.15) is 0 Å². The van der Waals surface area contributed by atoms with Crippen molar-refractivity contribution in [2.75, 3.05) is 18.9 Å². The molecule has 0 radical (unpaired) electrons. The van der Waals surface area contributed by atoms with Crippen LogP contribution in [0.4, 0.5) is 5.69 Å². The van der Waals surface area contributed by atoms with Crippen LogP contribution in [0.2, 0.25) is 0 Å². The lowest BCUT2D eigenvalue weighted by molar-refractivity contribution is 0.365. The Kier molecular flexibility index (Phi) is 2.52. The molecule has 2 heterocycles. The minimum Gasteiger partial charge on any atom is -0.405 e. The van der Waals surface area contributed by atoms with E-state index in [2.05, 4.69) is 22.8 Å². The molecular weight excluding hydrogens is 251 g/mol. The van der Waals surface area contributed by atoms with E-state index < -0.39 is 0 Å². The molecule has 0 aliphatic carbocycles. The molecule has 3 aromatic rings. The quantitative estimate of drug-likeness (QED) is 0.538. The summed E-state index contributed by atoms with van der Waals surface area (Å²) in [7, 11) is 1.75. The van der Waals surface area contributed by atoms with Crippen LogP contribution in [0.5, 0.6) is 0 Å². The van der Waals surface area contributed by atoms with Crippen LogP contribution in [-0.4, -0.2) is 24.9 Å². The van der Waals surface area contributed by atoms with E-state index in [0.717, 1.165) is 22.1 Å². The summed E-state index contributed by atoms with van der Waals surface area (Å²) < 4.78 is 13.3. The lowest BCUT2D eigenvalue weighted by atomic mass is 9.78. The van der Waals surface area contributed by atoms with Gasteiger partial charge in [0.2, 0.25) is 0 Å². The molecule has 2 aromatic carbocycles. The molecule has 0 atom stereocenters. The van der Waals surface area contributed by atoms with E-state index in [1.165, 1.54) is 10.9 Å². The van der Waals surface area contributed by atoms with Crippen LogP contribution in [0.1, 0.15) is 0 Å². The van der Waals surface area contributed by atoms with Gasteiger partial charge in [-0.25, -0.2) is 0 Å². The van der Waals surface area contributed by atoms with Crippen molar-refractivity contribution in [2.24, 2.45) is 7.05 Å². The second-order valence-corrected chi connectivity index (χ2v) is 5.16. The van der Waals surface area contributed by atoms with Gasteiger partial charge in [-0.3, -0.25) is 0 Å². The van der Waals surface area contributed by atoms with Crippen molar-refractivity contribution in [3.8, 4) is 0 Å². The molecule has 1 fully saturated rings. The van der Waals surface area contributed by atoms with Gasteiger partial charge in [0.1, 0.15) is 0 Å². The lowest BCUT2D eigenvalue weighted by Crippen LogP contribution is -2.31. The molecule has 2 N–H and O–H groups in total. The average Bonchev–Trinajstić information content (AvgIpc) is 3.08. The van der Waals surface area contributed by atoms with Gasteiger partial charge >= 0.3 is 7.12 Å². The van der Waals surface area contributed by atoms with Gasteiger partial charge in [-0.15, -0.1) is 0 Å². The van der Waals surface area contributed by atoms with E-state index in [1.54, 1.807) is 0 Å². The van der Waals surface area contributed by atoms with Crippen molar-refractivity contribution in [3.63, 3.8) is 0 Å². The highest BCUT2D eigenvalue weighted by Crippen LogP contribution is 2.30. The minimum atomic E-state index is -0.291. The number of nitrogen functional groups attached to an aromatic ring is 1.